The molecule has 0 amide bonds. The number of rotatable bonds is 2. The zero-order chi connectivity index (χ0) is 10.7. The van der Waals surface area contributed by atoms with Gasteiger partial charge < -0.3 is 5.73 Å². The van der Waals surface area contributed by atoms with Crippen LogP contribution in [0.25, 0.3) is 0 Å². The molecule has 2 nitrogen and oxygen atoms in total. The van der Waals surface area contributed by atoms with E-state index in [-0.39, 0.29) is 18.4 Å². The van der Waals surface area contributed by atoms with E-state index in [4.69, 9.17) is 5.73 Å². The van der Waals surface area contributed by atoms with E-state index in [1.807, 2.05) is 24.5 Å². The molecule has 2 rings (SSSR count). The molecule has 1 aliphatic carbocycles. The summed E-state index contributed by atoms with van der Waals surface area (Å²) in [6.45, 7) is 2.34. The SMILES string of the molecule is CC1CCC(C(N)c2ccncc2)CC1.Cl. The smallest absolute Gasteiger partial charge is 0.0324 e. The average molecular weight is 241 g/mol. The third-order valence-electron chi connectivity index (χ3n) is 3.66. The van der Waals surface area contributed by atoms with E-state index in [0.717, 1.165) is 5.92 Å². The van der Waals surface area contributed by atoms with E-state index in [9.17, 15) is 0 Å². The number of nitrogens with two attached hydrogens (primary N) is 1. The fourth-order valence-corrected chi connectivity index (χ4v) is 2.50. The lowest BCUT2D eigenvalue weighted by atomic mass is 9.78. The molecule has 1 aromatic rings. The number of hydrogen-bond acceptors (Lipinski definition) is 2. The number of pyridine rings is 1. The van der Waals surface area contributed by atoms with Crippen molar-refractivity contribution in [2.24, 2.45) is 17.6 Å². The second-order valence-electron chi connectivity index (χ2n) is 4.83. The summed E-state index contributed by atoms with van der Waals surface area (Å²) in [6, 6.07) is 4.30. The van der Waals surface area contributed by atoms with Crippen molar-refractivity contribution in [2.75, 3.05) is 0 Å². The highest BCUT2D eigenvalue weighted by Gasteiger charge is 2.24. The third kappa shape index (κ3) is 3.19. The quantitative estimate of drug-likeness (QED) is 0.861. The molecule has 3 heteroatoms. The maximum atomic E-state index is 6.29. The highest BCUT2D eigenvalue weighted by molar-refractivity contribution is 5.85. The Labute approximate surface area is 104 Å². The maximum Gasteiger partial charge on any atom is 0.0324 e. The van der Waals surface area contributed by atoms with Crippen LogP contribution in [0.15, 0.2) is 24.5 Å². The van der Waals surface area contributed by atoms with Gasteiger partial charge in [0.25, 0.3) is 0 Å². The van der Waals surface area contributed by atoms with E-state index in [1.54, 1.807) is 0 Å². The lowest BCUT2D eigenvalue weighted by Crippen LogP contribution is -2.25. The molecule has 1 saturated carbocycles. The molecule has 1 atom stereocenters. The molecule has 0 saturated heterocycles. The largest absolute Gasteiger partial charge is 0.324 e. The average Bonchev–Trinajstić information content (AvgIpc) is 2.30. The maximum absolute atomic E-state index is 6.29. The summed E-state index contributed by atoms with van der Waals surface area (Å²) in [5, 5.41) is 0. The van der Waals surface area contributed by atoms with Crippen molar-refractivity contribution >= 4 is 12.4 Å². The molecule has 2 N–H and O–H groups in total. The Bertz CT molecular complexity index is 294. The Balaban J connectivity index is 0.00000128. The Hall–Kier alpha value is -0.600. The van der Waals surface area contributed by atoms with Gasteiger partial charge in [0.1, 0.15) is 0 Å². The predicted molar refractivity (Wildman–Crippen MR) is 69.5 cm³/mol. The Kier molecular flexibility index (Phi) is 5.23. The minimum atomic E-state index is 0. The van der Waals surface area contributed by atoms with Crippen molar-refractivity contribution in [3.05, 3.63) is 30.1 Å². The van der Waals surface area contributed by atoms with Crippen LogP contribution >= 0.6 is 12.4 Å². The van der Waals surface area contributed by atoms with Gasteiger partial charge in [-0.2, -0.15) is 0 Å². The lowest BCUT2D eigenvalue weighted by molar-refractivity contribution is 0.256. The zero-order valence-electron chi connectivity index (χ0n) is 9.80. The minimum absolute atomic E-state index is 0. The van der Waals surface area contributed by atoms with Crippen LogP contribution in [-0.4, -0.2) is 4.98 Å². The van der Waals surface area contributed by atoms with Crippen molar-refractivity contribution in [1.82, 2.24) is 4.98 Å². The van der Waals surface area contributed by atoms with Crippen LogP contribution in [0.3, 0.4) is 0 Å². The van der Waals surface area contributed by atoms with Crippen LogP contribution < -0.4 is 5.73 Å². The molecule has 1 fully saturated rings. The number of aromatic nitrogens is 1. The molecule has 1 heterocycles. The fourth-order valence-electron chi connectivity index (χ4n) is 2.50. The number of hydrogen-bond donors (Lipinski definition) is 1. The van der Waals surface area contributed by atoms with Gasteiger partial charge in [-0.1, -0.05) is 19.8 Å². The van der Waals surface area contributed by atoms with Crippen LogP contribution in [0.2, 0.25) is 0 Å². The highest BCUT2D eigenvalue weighted by atomic mass is 35.5. The number of halogens is 1. The van der Waals surface area contributed by atoms with Gasteiger partial charge in [-0.05, 0) is 42.4 Å². The molecule has 0 spiro atoms. The molecule has 1 aromatic heterocycles. The summed E-state index contributed by atoms with van der Waals surface area (Å²) < 4.78 is 0. The van der Waals surface area contributed by atoms with Gasteiger partial charge >= 0.3 is 0 Å². The first kappa shape index (κ1) is 13.5. The topological polar surface area (TPSA) is 38.9 Å². The molecule has 0 radical (unpaired) electrons. The van der Waals surface area contributed by atoms with Crippen molar-refractivity contribution in [1.29, 1.82) is 0 Å². The van der Waals surface area contributed by atoms with E-state index < -0.39 is 0 Å². The number of nitrogens with zero attached hydrogens (tertiary/aromatic N) is 1. The summed E-state index contributed by atoms with van der Waals surface area (Å²) in [7, 11) is 0. The summed E-state index contributed by atoms with van der Waals surface area (Å²) in [6.07, 6.45) is 8.91. The van der Waals surface area contributed by atoms with E-state index in [2.05, 4.69) is 11.9 Å². The lowest BCUT2D eigenvalue weighted by Gasteiger charge is -2.30. The first-order valence-electron chi connectivity index (χ1n) is 5.93. The van der Waals surface area contributed by atoms with Crippen molar-refractivity contribution in [3.63, 3.8) is 0 Å². The van der Waals surface area contributed by atoms with Crippen molar-refractivity contribution in [3.8, 4) is 0 Å². The summed E-state index contributed by atoms with van der Waals surface area (Å²) in [5.41, 5.74) is 7.53. The van der Waals surface area contributed by atoms with Gasteiger partial charge in [0.2, 0.25) is 0 Å². The molecule has 1 aliphatic rings. The Morgan fingerprint density at radius 2 is 1.75 bits per heavy atom. The predicted octanol–water partition coefficient (Wildman–Crippen LogP) is 3.33. The Morgan fingerprint density at radius 1 is 1.19 bits per heavy atom. The Morgan fingerprint density at radius 3 is 2.31 bits per heavy atom. The van der Waals surface area contributed by atoms with Gasteiger partial charge in [-0.25, -0.2) is 0 Å². The van der Waals surface area contributed by atoms with Crippen LogP contribution in [-0.2, 0) is 0 Å². The molecule has 90 valence electrons. The normalized spacial score (nSPS) is 26.9. The monoisotopic (exact) mass is 240 g/mol. The van der Waals surface area contributed by atoms with E-state index in [0.29, 0.717) is 5.92 Å². The van der Waals surface area contributed by atoms with Crippen LogP contribution in [0.5, 0.6) is 0 Å². The first-order valence-corrected chi connectivity index (χ1v) is 5.93. The van der Waals surface area contributed by atoms with Crippen LogP contribution in [0, 0.1) is 11.8 Å². The van der Waals surface area contributed by atoms with Gasteiger partial charge in [-0.3, -0.25) is 4.98 Å². The molecule has 0 aliphatic heterocycles. The molecular formula is C13H21ClN2. The second kappa shape index (κ2) is 6.21. The van der Waals surface area contributed by atoms with Gasteiger partial charge in [0.05, 0.1) is 0 Å². The molecular weight excluding hydrogens is 220 g/mol. The standard InChI is InChI=1S/C13H20N2.ClH/c1-10-2-4-11(5-3-10)13(14)12-6-8-15-9-7-12;/h6-11,13H,2-5,14H2,1H3;1H. The second-order valence-corrected chi connectivity index (χ2v) is 4.83. The van der Waals surface area contributed by atoms with Gasteiger partial charge in [0, 0.05) is 18.4 Å². The third-order valence-corrected chi connectivity index (χ3v) is 3.66. The zero-order valence-corrected chi connectivity index (χ0v) is 10.6. The van der Waals surface area contributed by atoms with Crippen molar-refractivity contribution in [2.45, 2.75) is 38.6 Å². The minimum Gasteiger partial charge on any atom is -0.324 e. The van der Waals surface area contributed by atoms with Gasteiger partial charge in [0.15, 0.2) is 0 Å². The fraction of sp³-hybridized carbons (Fsp3) is 0.615. The van der Waals surface area contributed by atoms with Gasteiger partial charge in [-0.15, -0.1) is 12.4 Å². The van der Waals surface area contributed by atoms with Crippen LogP contribution in [0.1, 0.15) is 44.2 Å². The molecule has 1 unspecified atom stereocenters. The summed E-state index contributed by atoms with van der Waals surface area (Å²) >= 11 is 0. The molecule has 0 bridgehead atoms. The van der Waals surface area contributed by atoms with Crippen molar-refractivity contribution < 1.29 is 0 Å². The van der Waals surface area contributed by atoms with E-state index in [1.165, 1.54) is 31.2 Å². The first-order chi connectivity index (χ1) is 7.27. The summed E-state index contributed by atoms with van der Waals surface area (Å²) in [5.74, 6) is 1.56. The molecule has 0 aromatic carbocycles. The highest BCUT2D eigenvalue weighted by Crippen LogP contribution is 2.35. The summed E-state index contributed by atoms with van der Waals surface area (Å²) in [4.78, 5) is 4.03. The van der Waals surface area contributed by atoms with Crippen LogP contribution in [0.4, 0.5) is 0 Å². The molecule has 16 heavy (non-hydrogen) atoms. The van der Waals surface area contributed by atoms with E-state index >= 15 is 0 Å².